The molecule has 0 atom stereocenters. The quantitative estimate of drug-likeness (QED) is 0.874. The van der Waals surface area contributed by atoms with Gasteiger partial charge in [-0.25, -0.2) is 8.78 Å². The number of carbonyl (C=O) groups is 1. The van der Waals surface area contributed by atoms with Gasteiger partial charge in [0.15, 0.2) is 0 Å². The van der Waals surface area contributed by atoms with Crippen LogP contribution in [0.3, 0.4) is 0 Å². The SMILES string of the molecule is O=C(CCNc1ccc(F)cc1F)Nc1ccccc1Cl. The van der Waals surface area contributed by atoms with Crippen molar-refractivity contribution < 1.29 is 13.6 Å². The van der Waals surface area contributed by atoms with E-state index in [0.717, 1.165) is 12.1 Å². The van der Waals surface area contributed by atoms with E-state index < -0.39 is 11.6 Å². The zero-order valence-electron chi connectivity index (χ0n) is 11.0. The summed E-state index contributed by atoms with van der Waals surface area (Å²) in [6.07, 6.45) is 0.127. The number of rotatable bonds is 5. The second-order valence-corrected chi connectivity index (χ2v) is 4.74. The number of nitrogens with one attached hydrogen (secondary N) is 2. The molecule has 2 N–H and O–H groups in total. The molecule has 0 bridgehead atoms. The fourth-order valence-corrected chi connectivity index (χ4v) is 1.90. The maximum atomic E-state index is 13.4. The average Bonchev–Trinajstić information content (AvgIpc) is 2.44. The minimum absolute atomic E-state index is 0.127. The van der Waals surface area contributed by atoms with Gasteiger partial charge in [-0.3, -0.25) is 4.79 Å². The predicted octanol–water partition coefficient (Wildman–Crippen LogP) is 4.06. The number of amides is 1. The summed E-state index contributed by atoms with van der Waals surface area (Å²) >= 11 is 5.92. The number of anilines is 2. The number of halogens is 3. The number of para-hydroxylation sites is 1. The maximum absolute atomic E-state index is 13.4. The first-order valence-electron chi connectivity index (χ1n) is 6.29. The summed E-state index contributed by atoms with van der Waals surface area (Å²) in [7, 11) is 0. The average molecular weight is 311 g/mol. The van der Waals surface area contributed by atoms with E-state index in [-0.39, 0.29) is 24.6 Å². The monoisotopic (exact) mass is 310 g/mol. The lowest BCUT2D eigenvalue weighted by atomic mass is 10.2. The molecule has 0 saturated heterocycles. The van der Waals surface area contributed by atoms with Crippen LogP contribution in [-0.4, -0.2) is 12.5 Å². The number of benzene rings is 2. The summed E-state index contributed by atoms with van der Waals surface area (Å²) in [5.74, 6) is -1.59. The van der Waals surface area contributed by atoms with Gasteiger partial charge in [0, 0.05) is 19.0 Å². The molecule has 21 heavy (non-hydrogen) atoms. The van der Waals surface area contributed by atoms with E-state index in [0.29, 0.717) is 10.7 Å². The van der Waals surface area contributed by atoms with Crippen LogP contribution in [0.5, 0.6) is 0 Å². The molecule has 0 fully saturated rings. The zero-order chi connectivity index (χ0) is 15.2. The van der Waals surface area contributed by atoms with Crippen LogP contribution in [0.2, 0.25) is 5.02 Å². The number of hydrogen-bond acceptors (Lipinski definition) is 2. The highest BCUT2D eigenvalue weighted by Crippen LogP contribution is 2.20. The van der Waals surface area contributed by atoms with Crippen molar-refractivity contribution in [1.82, 2.24) is 0 Å². The van der Waals surface area contributed by atoms with Crippen LogP contribution in [0, 0.1) is 11.6 Å². The first-order valence-corrected chi connectivity index (χ1v) is 6.67. The van der Waals surface area contributed by atoms with Gasteiger partial charge in [0.25, 0.3) is 0 Å². The van der Waals surface area contributed by atoms with Crippen LogP contribution in [0.25, 0.3) is 0 Å². The van der Waals surface area contributed by atoms with Gasteiger partial charge in [0.2, 0.25) is 5.91 Å². The molecule has 0 aromatic heterocycles. The third kappa shape index (κ3) is 4.43. The lowest BCUT2D eigenvalue weighted by molar-refractivity contribution is -0.115. The van der Waals surface area contributed by atoms with E-state index in [4.69, 9.17) is 11.6 Å². The summed E-state index contributed by atoms with van der Waals surface area (Å²) < 4.78 is 26.1. The molecular formula is C15H13ClF2N2O. The van der Waals surface area contributed by atoms with Crippen molar-refractivity contribution in [2.45, 2.75) is 6.42 Å². The smallest absolute Gasteiger partial charge is 0.226 e. The van der Waals surface area contributed by atoms with Gasteiger partial charge in [0.1, 0.15) is 11.6 Å². The van der Waals surface area contributed by atoms with Gasteiger partial charge in [0.05, 0.1) is 16.4 Å². The summed E-state index contributed by atoms with van der Waals surface area (Å²) in [4.78, 5) is 11.7. The van der Waals surface area contributed by atoms with E-state index in [1.54, 1.807) is 24.3 Å². The molecule has 2 rings (SSSR count). The summed E-state index contributed by atoms with van der Waals surface area (Å²) in [5, 5.41) is 5.84. The molecule has 3 nitrogen and oxygen atoms in total. The van der Waals surface area contributed by atoms with Gasteiger partial charge in [-0.05, 0) is 24.3 Å². The normalized spacial score (nSPS) is 10.2. The standard InChI is InChI=1S/C15H13ClF2N2O/c16-11-3-1-2-4-13(11)20-15(21)7-8-19-14-6-5-10(17)9-12(14)18/h1-6,9,19H,7-8H2,(H,20,21). The van der Waals surface area contributed by atoms with E-state index in [9.17, 15) is 13.6 Å². The van der Waals surface area contributed by atoms with Crippen molar-refractivity contribution in [2.75, 3.05) is 17.2 Å². The van der Waals surface area contributed by atoms with Gasteiger partial charge in [-0.1, -0.05) is 23.7 Å². The first-order chi connectivity index (χ1) is 10.1. The molecule has 0 spiro atoms. The predicted molar refractivity (Wildman–Crippen MR) is 79.5 cm³/mol. The van der Waals surface area contributed by atoms with Crippen LogP contribution in [0.1, 0.15) is 6.42 Å². The largest absolute Gasteiger partial charge is 0.382 e. The number of hydrogen-bond donors (Lipinski definition) is 2. The van der Waals surface area contributed by atoms with Crippen molar-refractivity contribution >= 4 is 28.9 Å². The minimum atomic E-state index is -0.693. The van der Waals surface area contributed by atoms with Crippen LogP contribution in [0.4, 0.5) is 20.2 Å². The van der Waals surface area contributed by atoms with Crippen molar-refractivity contribution in [3.63, 3.8) is 0 Å². The lowest BCUT2D eigenvalue weighted by Gasteiger charge is -2.09. The first kappa shape index (κ1) is 15.3. The van der Waals surface area contributed by atoms with Crippen LogP contribution >= 0.6 is 11.6 Å². The maximum Gasteiger partial charge on any atom is 0.226 e. The Bertz CT molecular complexity index is 649. The minimum Gasteiger partial charge on any atom is -0.382 e. The summed E-state index contributed by atoms with van der Waals surface area (Å²) in [5.41, 5.74) is 0.680. The van der Waals surface area contributed by atoms with Crippen LogP contribution < -0.4 is 10.6 Å². The van der Waals surface area contributed by atoms with Crippen molar-refractivity contribution in [3.05, 3.63) is 59.1 Å². The van der Waals surface area contributed by atoms with Gasteiger partial charge < -0.3 is 10.6 Å². The van der Waals surface area contributed by atoms with E-state index in [2.05, 4.69) is 10.6 Å². The highest BCUT2D eigenvalue weighted by molar-refractivity contribution is 6.33. The fourth-order valence-electron chi connectivity index (χ4n) is 1.72. The Morgan fingerprint density at radius 1 is 1.10 bits per heavy atom. The third-order valence-corrected chi connectivity index (χ3v) is 3.08. The van der Waals surface area contributed by atoms with E-state index in [1.807, 2.05) is 0 Å². The molecule has 0 radical (unpaired) electrons. The van der Waals surface area contributed by atoms with E-state index >= 15 is 0 Å². The highest BCUT2D eigenvalue weighted by Gasteiger charge is 2.07. The van der Waals surface area contributed by atoms with Crippen LogP contribution in [-0.2, 0) is 4.79 Å². The Morgan fingerprint density at radius 3 is 2.57 bits per heavy atom. The Labute approximate surface area is 125 Å². The second-order valence-electron chi connectivity index (χ2n) is 4.33. The van der Waals surface area contributed by atoms with Crippen molar-refractivity contribution in [3.8, 4) is 0 Å². The molecule has 1 amide bonds. The summed E-state index contributed by atoms with van der Waals surface area (Å²) in [6, 6.07) is 10.1. The molecule has 2 aromatic carbocycles. The lowest BCUT2D eigenvalue weighted by Crippen LogP contribution is -2.16. The molecule has 2 aromatic rings. The Balaban J connectivity index is 1.83. The Hall–Kier alpha value is -2.14. The van der Waals surface area contributed by atoms with Gasteiger partial charge in [-0.2, -0.15) is 0 Å². The number of carbonyl (C=O) groups excluding carboxylic acids is 1. The summed E-state index contributed by atoms with van der Waals surface area (Å²) in [6.45, 7) is 0.221. The molecule has 6 heteroatoms. The third-order valence-electron chi connectivity index (χ3n) is 2.75. The van der Waals surface area contributed by atoms with Crippen molar-refractivity contribution in [2.24, 2.45) is 0 Å². The molecule has 0 aliphatic heterocycles. The molecule has 0 unspecified atom stereocenters. The second kappa shape index (κ2) is 7.04. The molecule has 0 aliphatic carbocycles. The van der Waals surface area contributed by atoms with Crippen LogP contribution in [0.15, 0.2) is 42.5 Å². The Morgan fingerprint density at radius 2 is 1.86 bits per heavy atom. The Kier molecular flexibility index (Phi) is 5.11. The van der Waals surface area contributed by atoms with E-state index in [1.165, 1.54) is 6.07 Å². The molecule has 110 valence electrons. The zero-order valence-corrected chi connectivity index (χ0v) is 11.8. The van der Waals surface area contributed by atoms with Crippen molar-refractivity contribution in [1.29, 1.82) is 0 Å². The topological polar surface area (TPSA) is 41.1 Å². The fraction of sp³-hybridized carbons (Fsp3) is 0.133. The highest BCUT2D eigenvalue weighted by atomic mass is 35.5. The van der Waals surface area contributed by atoms with Gasteiger partial charge >= 0.3 is 0 Å². The molecule has 0 aliphatic rings. The molecule has 0 heterocycles. The molecule has 0 saturated carbocycles. The molecular weight excluding hydrogens is 298 g/mol. The van der Waals surface area contributed by atoms with Gasteiger partial charge in [-0.15, -0.1) is 0 Å².